The highest BCUT2D eigenvalue weighted by Gasteiger charge is 2.05. The molecule has 5 heteroatoms. The van der Waals surface area contributed by atoms with Crippen LogP contribution in [0.1, 0.15) is 30.4 Å². The van der Waals surface area contributed by atoms with Gasteiger partial charge in [0, 0.05) is 28.9 Å². The first kappa shape index (κ1) is 14.6. The van der Waals surface area contributed by atoms with E-state index in [1.165, 1.54) is 0 Å². The lowest BCUT2D eigenvalue weighted by atomic mass is 10.1. The summed E-state index contributed by atoms with van der Waals surface area (Å²) in [5, 5.41) is 0.686. The van der Waals surface area contributed by atoms with Crippen molar-refractivity contribution in [2.75, 3.05) is 5.73 Å². The first-order valence-corrected chi connectivity index (χ1v) is 7.09. The van der Waals surface area contributed by atoms with Crippen LogP contribution >= 0.6 is 11.6 Å². The van der Waals surface area contributed by atoms with Crippen LogP contribution in [0.3, 0.4) is 0 Å². The molecule has 1 aromatic carbocycles. The smallest absolute Gasteiger partial charge is 0.251 e. The van der Waals surface area contributed by atoms with Crippen molar-refractivity contribution < 1.29 is 0 Å². The normalized spacial score (nSPS) is 10.7. The topological polar surface area (TPSA) is 71.8 Å². The molecule has 0 spiro atoms. The number of nitrogens with zero attached hydrogens (tertiary/aromatic N) is 1. The van der Waals surface area contributed by atoms with Crippen LogP contribution in [0.5, 0.6) is 0 Å². The van der Waals surface area contributed by atoms with Gasteiger partial charge in [-0.25, -0.2) is 4.98 Å². The van der Waals surface area contributed by atoms with Crippen molar-refractivity contribution in [3.05, 3.63) is 56.7 Å². The molecule has 1 heterocycles. The summed E-state index contributed by atoms with van der Waals surface area (Å²) < 4.78 is 0. The molecule has 2 rings (SSSR count). The summed E-state index contributed by atoms with van der Waals surface area (Å²) in [5.74, 6) is 0.694. The average Bonchev–Trinajstić information content (AvgIpc) is 2.40. The Bertz CT molecular complexity index is 652. The van der Waals surface area contributed by atoms with Crippen LogP contribution in [0.4, 0.5) is 5.69 Å². The Morgan fingerprint density at radius 3 is 2.80 bits per heavy atom. The van der Waals surface area contributed by atoms with E-state index in [4.69, 9.17) is 17.3 Å². The number of aromatic nitrogens is 2. The molecule has 20 heavy (non-hydrogen) atoms. The molecule has 0 fully saturated rings. The Morgan fingerprint density at radius 1 is 1.25 bits per heavy atom. The van der Waals surface area contributed by atoms with Crippen LogP contribution < -0.4 is 11.3 Å². The maximum Gasteiger partial charge on any atom is 0.251 e. The molecule has 2 aromatic rings. The first-order chi connectivity index (χ1) is 9.58. The van der Waals surface area contributed by atoms with Crippen molar-refractivity contribution in [1.82, 2.24) is 9.97 Å². The number of hydrogen-bond acceptors (Lipinski definition) is 3. The summed E-state index contributed by atoms with van der Waals surface area (Å²) in [6.45, 7) is 2.06. The number of H-pyrrole nitrogens is 1. The van der Waals surface area contributed by atoms with Gasteiger partial charge in [-0.3, -0.25) is 4.79 Å². The van der Waals surface area contributed by atoms with Crippen molar-refractivity contribution >= 4 is 17.3 Å². The minimum atomic E-state index is -0.0999. The molecule has 0 unspecified atom stereocenters. The third-order valence-electron chi connectivity index (χ3n) is 3.05. The van der Waals surface area contributed by atoms with Crippen molar-refractivity contribution in [2.24, 2.45) is 0 Å². The predicted octanol–water partition coefficient (Wildman–Crippen LogP) is 2.74. The van der Waals surface area contributed by atoms with Crippen molar-refractivity contribution in [3.8, 4) is 0 Å². The fourth-order valence-electron chi connectivity index (χ4n) is 2.11. The lowest BCUT2D eigenvalue weighted by Crippen LogP contribution is -2.13. The number of nitrogen functional groups attached to an aromatic ring is 1. The van der Waals surface area contributed by atoms with Gasteiger partial charge >= 0.3 is 0 Å². The molecule has 0 saturated heterocycles. The second-order valence-corrected chi connectivity index (χ2v) is 5.19. The lowest BCUT2D eigenvalue weighted by molar-refractivity contribution is 0.796. The lowest BCUT2D eigenvalue weighted by Gasteiger charge is -2.06. The van der Waals surface area contributed by atoms with Crippen LogP contribution in [0, 0.1) is 0 Å². The number of benzene rings is 1. The molecule has 0 radical (unpaired) electrons. The van der Waals surface area contributed by atoms with Crippen LogP contribution in [0.15, 0.2) is 29.1 Å². The zero-order valence-electron chi connectivity index (χ0n) is 11.4. The number of aromatic amines is 1. The van der Waals surface area contributed by atoms with Crippen molar-refractivity contribution in [1.29, 1.82) is 0 Å². The van der Waals surface area contributed by atoms with Crippen LogP contribution in [-0.2, 0) is 19.3 Å². The van der Waals surface area contributed by atoms with Gasteiger partial charge in [-0.05, 0) is 36.6 Å². The molecular formula is C15H18ClN3O. The number of aryl methyl sites for hydroxylation is 3. The fraction of sp³-hybridized carbons (Fsp3) is 0.333. The maximum atomic E-state index is 11.6. The van der Waals surface area contributed by atoms with Crippen molar-refractivity contribution in [2.45, 2.75) is 32.6 Å². The summed E-state index contributed by atoms with van der Waals surface area (Å²) in [6.07, 6.45) is 3.12. The van der Waals surface area contributed by atoms with Crippen LogP contribution in [0.2, 0.25) is 5.02 Å². The van der Waals surface area contributed by atoms with Gasteiger partial charge in [0.05, 0.1) is 0 Å². The van der Waals surface area contributed by atoms with E-state index in [-0.39, 0.29) is 5.56 Å². The molecule has 3 N–H and O–H groups in total. The number of anilines is 1. The Labute approximate surface area is 123 Å². The van der Waals surface area contributed by atoms with E-state index in [1.54, 1.807) is 18.2 Å². The zero-order valence-corrected chi connectivity index (χ0v) is 12.2. The van der Waals surface area contributed by atoms with Gasteiger partial charge in [0.15, 0.2) is 0 Å². The van der Waals surface area contributed by atoms with Gasteiger partial charge in [-0.1, -0.05) is 24.9 Å². The molecule has 0 aliphatic heterocycles. The Hall–Kier alpha value is -1.81. The molecule has 0 amide bonds. The predicted molar refractivity (Wildman–Crippen MR) is 82.1 cm³/mol. The largest absolute Gasteiger partial charge is 0.399 e. The highest BCUT2D eigenvalue weighted by Crippen LogP contribution is 2.20. The molecule has 4 nitrogen and oxygen atoms in total. The van der Waals surface area contributed by atoms with Gasteiger partial charge in [0.25, 0.3) is 5.56 Å². The van der Waals surface area contributed by atoms with Gasteiger partial charge in [0.1, 0.15) is 5.82 Å². The Balaban J connectivity index is 2.14. The van der Waals surface area contributed by atoms with E-state index in [2.05, 4.69) is 16.9 Å². The summed E-state index contributed by atoms with van der Waals surface area (Å²) in [7, 11) is 0. The van der Waals surface area contributed by atoms with E-state index in [9.17, 15) is 4.79 Å². The van der Waals surface area contributed by atoms with Gasteiger partial charge in [0.2, 0.25) is 0 Å². The number of nitrogens with one attached hydrogen (secondary N) is 1. The molecule has 0 aliphatic rings. The summed E-state index contributed by atoms with van der Waals surface area (Å²) in [6, 6.07) is 6.97. The van der Waals surface area contributed by atoms with E-state index < -0.39 is 0 Å². The van der Waals surface area contributed by atoms with Crippen LogP contribution in [-0.4, -0.2) is 9.97 Å². The molecule has 106 valence electrons. The third kappa shape index (κ3) is 3.84. The monoisotopic (exact) mass is 291 g/mol. The summed E-state index contributed by atoms with van der Waals surface area (Å²) in [5.41, 5.74) is 8.14. The maximum absolute atomic E-state index is 11.6. The number of hydrogen-bond donors (Lipinski definition) is 2. The van der Waals surface area contributed by atoms with Gasteiger partial charge in [-0.2, -0.15) is 0 Å². The molecule has 0 aliphatic carbocycles. The van der Waals surface area contributed by atoms with Gasteiger partial charge in [-0.15, -0.1) is 0 Å². The minimum Gasteiger partial charge on any atom is -0.399 e. The first-order valence-electron chi connectivity index (χ1n) is 6.71. The summed E-state index contributed by atoms with van der Waals surface area (Å²) in [4.78, 5) is 18.8. The number of rotatable bonds is 5. The van der Waals surface area contributed by atoms with Gasteiger partial charge < -0.3 is 10.7 Å². The zero-order chi connectivity index (χ0) is 14.5. The van der Waals surface area contributed by atoms with E-state index in [0.717, 1.165) is 24.1 Å². The number of nitrogens with two attached hydrogens (primary N) is 1. The molecule has 0 atom stereocenters. The standard InChI is InChI=1S/C15H18ClN3O/c1-2-3-12-9-15(20)19-14(18-12)7-4-10-8-11(17)5-6-13(10)16/h5-6,8-9H,2-4,7,17H2,1H3,(H,18,19,20). The highest BCUT2D eigenvalue weighted by molar-refractivity contribution is 6.31. The summed E-state index contributed by atoms with van der Waals surface area (Å²) >= 11 is 6.13. The highest BCUT2D eigenvalue weighted by atomic mass is 35.5. The molecule has 1 aromatic heterocycles. The fourth-order valence-corrected chi connectivity index (χ4v) is 2.32. The Morgan fingerprint density at radius 2 is 2.05 bits per heavy atom. The third-order valence-corrected chi connectivity index (χ3v) is 3.42. The van der Waals surface area contributed by atoms with E-state index >= 15 is 0 Å². The molecule has 0 saturated carbocycles. The second-order valence-electron chi connectivity index (χ2n) is 4.78. The quantitative estimate of drug-likeness (QED) is 0.832. The van der Waals surface area contributed by atoms with E-state index in [1.807, 2.05) is 6.07 Å². The molecular weight excluding hydrogens is 274 g/mol. The second kappa shape index (κ2) is 6.57. The van der Waals surface area contributed by atoms with E-state index in [0.29, 0.717) is 29.4 Å². The Kier molecular flexibility index (Phi) is 4.79. The van der Waals surface area contributed by atoms with Crippen LogP contribution in [0.25, 0.3) is 0 Å². The number of halogens is 1. The van der Waals surface area contributed by atoms with Crippen molar-refractivity contribution in [3.63, 3.8) is 0 Å². The average molecular weight is 292 g/mol. The minimum absolute atomic E-state index is 0.0999. The SMILES string of the molecule is CCCc1cc(=O)[nH]c(CCc2cc(N)ccc2Cl)n1. The molecule has 0 bridgehead atoms.